The van der Waals surface area contributed by atoms with E-state index in [1.165, 1.54) is 17.6 Å². The Morgan fingerprint density at radius 2 is 1.95 bits per heavy atom. The fourth-order valence-corrected chi connectivity index (χ4v) is 2.47. The first-order valence-electron chi connectivity index (χ1n) is 6.03. The van der Waals surface area contributed by atoms with Crippen molar-refractivity contribution in [2.75, 3.05) is 13.4 Å². The minimum Gasteiger partial charge on any atom is -0.465 e. The molecule has 19 heavy (non-hydrogen) atoms. The van der Waals surface area contributed by atoms with Crippen molar-refractivity contribution in [1.29, 1.82) is 0 Å². The maximum absolute atomic E-state index is 11.7. The van der Waals surface area contributed by atoms with E-state index in [1.54, 1.807) is 17.8 Å². The van der Waals surface area contributed by atoms with Crippen molar-refractivity contribution in [3.63, 3.8) is 0 Å². The smallest absolute Gasteiger partial charge is 0.338 e. The number of hydrogen-bond acceptors (Lipinski definition) is 3. The molecule has 0 aliphatic rings. The van der Waals surface area contributed by atoms with Gasteiger partial charge in [-0.1, -0.05) is 30.3 Å². The van der Waals surface area contributed by atoms with Crippen LogP contribution in [0.2, 0.25) is 0 Å². The maximum Gasteiger partial charge on any atom is 0.338 e. The van der Waals surface area contributed by atoms with Crippen molar-refractivity contribution in [3.05, 3.63) is 65.2 Å². The average Bonchev–Trinajstić information content (AvgIpc) is 2.47. The Labute approximate surface area is 117 Å². The number of carbonyl (C=O) groups excluding carboxylic acids is 1. The second kappa shape index (κ2) is 6.43. The Morgan fingerprint density at radius 1 is 1.16 bits per heavy atom. The summed E-state index contributed by atoms with van der Waals surface area (Å²) >= 11 is 1.72. The quantitative estimate of drug-likeness (QED) is 0.626. The van der Waals surface area contributed by atoms with Gasteiger partial charge in [0.2, 0.25) is 0 Å². The molecule has 2 rings (SSSR count). The fraction of sp³-hybridized carbons (Fsp3) is 0.188. The number of esters is 1. The highest BCUT2D eigenvalue weighted by atomic mass is 32.2. The van der Waals surface area contributed by atoms with Gasteiger partial charge >= 0.3 is 5.97 Å². The highest BCUT2D eigenvalue weighted by Crippen LogP contribution is 2.20. The van der Waals surface area contributed by atoms with Gasteiger partial charge < -0.3 is 4.74 Å². The Morgan fingerprint density at radius 3 is 2.68 bits per heavy atom. The topological polar surface area (TPSA) is 26.3 Å². The largest absolute Gasteiger partial charge is 0.465 e. The van der Waals surface area contributed by atoms with Gasteiger partial charge in [0.1, 0.15) is 0 Å². The number of methoxy groups -OCH3 is 1. The third-order valence-electron chi connectivity index (χ3n) is 2.95. The van der Waals surface area contributed by atoms with E-state index in [0.717, 1.165) is 12.0 Å². The molecule has 0 spiro atoms. The number of ether oxygens (including phenoxy) is 1. The van der Waals surface area contributed by atoms with Crippen LogP contribution in [-0.4, -0.2) is 19.3 Å². The minimum atomic E-state index is -0.281. The van der Waals surface area contributed by atoms with Crippen molar-refractivity contribution >= 4 is 17.7 Å². The van der Waals surface area contributed by atoms with E-state index in [4.69, 9.17) is 4.74 Å². The second-order valence-electron chi connectivity index (χ2n) is 4.18. The second-order valence-corrected chi connectivity index (χ2v) is 5.06. The lowest BCUT2D eigenvalue weighted by molar-refractivity contribution is 0.0599. The van der Waals surface area contributed by atoms with E-state index in [1.807, 2.05) is 24.3 Å². The molecule has 0 aliphatic carbocycles. The van der Waals surface area contributed by atoms with E-state index < -0.39 is 0 Å². The summed E-state index contributed by atoms with van der Waals surface area (Å²) in [5.41, 5.74) is 2.83. The first kappa shape index (κ1) is 13.7. The van der Waals surface area contributed by atoms with Crippen molar-refractivity contribution < 1.29 is 9.53 Å². The number of hydrogen-bond donors (Lipinski definition) is 0. The Balaban J connectivity index is 2.30. The molecule has 0 N–H and O–H groups in total. The molecular weight excluding hydrogens is 256 g/mol. The van der Waals surface area contributed by atoms with E-state index in [9.17, 15) is 4.79 Å². The van der Waals surface area contributed by atoms with Gasteiger partial charge in [-0.15, -0.1) is 11.8 Å². The Hall–Kier alpha value is -1.74. The number of rotatable bonds is 4. The van der Waals surface area contributed by atoms with Gasteiger partial charge in [0.05, 0.1) is 12.7 Å². The van der Waals surface area contributed by atoms with Crippen LogP contribution in [0.4, 0.5) is 0 Å². The third-order valence-corrected chi connectivity index (χ3v) is 3.68. The van der Waals surface area contributed by atoms with Crippen LogP contribution < -0.4 is 0 Å². The molecule has 2 aromatic rings. The zero-order valence-electron chi connectivity index (χ0n) is 11.1. The van der Waals surface area contributed by atoms with Crippen molar-refractivity contribution in [3.8, 4) is 0 Å². The predicted molar refractivity (Wildman–Crippen MR) is 78.8 cm³/mol. The highest BCUT2D eigenvalue weighted by Gasteiger charge is 2.11. The molecule has 0 bridgehead atoms. The molecule has 98 valence electrons. The monoisotopic (exact) mass is 272 g/mol. The zero-order chi connectivity index (χ0) is 13.7. The van der Waals surface area contributed by atoms with Gasteiger partial charge in [0.25, 0.3) is 0 Å². The summed E-state index contributed by atoms with van der Waals surface area (Å²) in [6.45, 7) is 0. The van der Waals surface area contributed by atoms with Gasteiger partial charge in [-0.25, -0.2) is 4.79 Å². The van der Waals surface area contributed by atoms with E-state index in [0.29, 0.717) is 5.56 Å². The lowest BCUT2D eigenvalue weighted by Gasteiger charge is -2.08. The van der Waals surface area contributed by atoms with E-state index in [2.05, 4.69) is 24.5 Å². The molecule has 0 radical (unpaired) electrons. The van der Waals surface area contributed by atoms with Crippen molar-refractivity contribution in [2.45, 2.75) is 11.3 Å². The molecule has 0 amide bonds. The first-order chi connectivity index (χ1) is 9.24. The molecule has 0 aliphatic heterocycles. The van der Waals surface area contributed by atoms with Crippen LogP contribution in [0.5, 0.6) is 0 Å². The van der Waals surface area contributed by atoms with Crippen LogP contribution in [-0.2, 0) is 11.2 Å². The normalized spacial score (nSPS) is 10.2. The van der Waals surface area contributed by atoms with Crippen LogP contribution in [0.25, 0.3) is 0 Å². The minimum absolute atomic E-state index is 0.281. The molecule has 0 saturated carbocycles. The lowest BCUT2D eigenvalue weighted by Crippen LogP contribution is -2.05. The number of carbonyl (C=O) groups is 1. The standard InChI is InChI=1S/C16H16O2S/c1-18-16(17)15-9-4-3-7-13(15)10-12-6-5-8-14(11-12)19-2/h3-9,11H,10H2,1-2H3. The molecular formula is C16H16O2S. The SMILES string of the molecule is COC(=O)c1ccccc1Cc1cccc(SC)c1. The molecule has 0 heterocycles. The lowest BCUT2D eigenvalue weighted by atomic mass is 10.00. The molecule has 0 atom stereocenters. The summed E-state index contributed by atoms with van der Waals surface area (Å²) in [5.74, 6) is -0.281. The van der Waals surface area contributed by atoms with Crippen LogP contribution in [0, 0.1) is 0 Å². The van der Waals surface area contributed by atoms with Gasteiger partial charge in [0.15, 0.2) is 0 Å². The van der Waals surface area contributed by atoms with E-state index >= 15 is 0 Å². The summed E-state index contributed by atoms with van der Waals surface area (Å²) in [4.78, 5) is 13.0. The van der Waals surface area contributed by atoms with Gasteiger partial charge in [-0.3, -0.25) is 0 Å². The number of benzene rings is 2. The molecule has 0 aromatic heterocycles. The fourth-order valence-electron chi connectivity index (χ4n) is 1.99. The predicted octanol–water partition coefficient (Wildman–Crippen LogP) is 3.79. The van der Waals surface area contributed by atoms with Crippen LogP contribution in [0.1, 0.15) is 21.5 Å². The summed E-state index contributed by atoms with van der Waals surface area (Å²) in [6, 6.07) is 15.9. The summed E-state index contributed by atoms with van der Waals surface area (Å²) in [5, 5.41) is 0. The van der Waals surface area contributed by atoms with Crippen LogP contribution in [0.3, 0.4) is 0 Å². The summed E-state index contributed by atoms with van der Waals surface area (Å²) in [6.07, 6.45) is 2.79. The third kappa shape index (κ3) is 3.38. The maximum atomic E-state index is 11.7. The zero-order valence-corrected chi connectivity index (χ0v) is 11.9. The highest BCUT2D eigenvalue weighted by molar-refractivity contribution is 7.98. The number of thioether (sulfide) groups is 1. The van der Waals surface area contributed by atoms with E-state index in [-0.39, 0.29) is 5.97 Å². The average molecular weight is 272 g/mol. The summed E-state index contributed by atoms with van der Waals surface area (Å²) in [7, 11) is 1.41. The Kier molecular flexibility index (Phi) is 4.63. The molecule has 2 nitrogen and oxygen atoms in total. The van der Waals surface area contributed by atoms with Crippen molar-refractivity contribution in [1.82, 2.24) is 0 Å². The molecule has 0 saturated heterocycles. The molecule has 0 fully saturated rings. The first-order valence-corrected chi connectivity index (χ1v) is 7.26. The van der Waals surface area contributed by atoms with Gasteiger partial charge in [-0.05, 0) is 42.0 Å². The van der Waals surface area contributed by atoms with Gasteiger partial charge in [0, 0.05) is 4.90 Å². The summed E-state index contributed by atoms with van der Waals surface area (Å²) < 4.78 is 4.82. The van der Waals surface area contributed by atoms with Crippen molar-refractivity contribution in [2.24, 2.45) is 0 Å². The molecule has 0 unspecified atom stereocenters. The molecule has 2 aromatic carbocycles. The van der Waals surface area contributed by atoms with Crippen LogP contribution >= 0.6 is 11.8 Å². The Bertz CT molecular complexity index is 578. The van der Waals surface area contributed by atoms with Gasteiger partial charge in [-0.2, -0.15) is 0 Å². The van der Waals surface area contributed by atoms with Crippen LogP contribution in [0.15, 0.2) is 53.4 Å². The molecule has 3 heteroatoms.